The molecule has 2 N–H and O–H groups in total. The maximum absolute atomic E-state index is 13.1. The lowest BCUT2D eigenvalue weighted by molar-refractivity contribution is -0.123. The number of aromatic nitrogens is 2. The maximum Gasteiger partial charge on any atom is 0.239 e. The first-order valence-electron chi connectivity index (χ1n) is 12.5. The summed E-state index contributed by atoms with van der Waals surface area (Å²) in [6.07, 6.45) is 0.913. The summed E-state index contributed by atoms with van der Waals surface area (Å²) in [7, 11) is 0. The number of anilines is 1. The summed E-state index contributed by atoms with van der Waals surface area (Å²) in [5, 5.41) is 10.9. The van der Waals surface area contributed by atoms with Crippen LogP contribution in [0.15, 0.2) is 66.7 Å². The van der Waals surface area contributed by atoms with Crippen LogP contribution in [-0.2, 0) is 9.59 Å². The van der Waals surface area contributed by atoms with E-state index >= 15 is 0 Å². The van der Waals surface area contributed by atoms with Crippen molar-refractivity contribution in [2.45, 2.75) is 32.7 Å². The van der Waals surface area contributed by atoms with Gasteiger partial charge in [-0.3, -0.25) is 19.4 Å². The lowest BCUT2D eigenvalue weighted by Crippen LogP contribution is -2.46. The van der Waals surface area contributed by atoms with E-state index in [0.29, 0.717) is 18.9 Å². The molecule has 3 aromatic rings. The molecule has 0 spiro atoms. The first-order chi connectivity index (χ1) is 17.3. The van der Waals surface area contributed by atoms with Crippen LogP contribution in [0.1, 0.15) is 27.2 Å². The Bertz CT molecular complexity index is 1150. The summed E-state index contributed by atoms with van der Waals surface area (Å²) in [6, 6.07) is 21.7. The minimum atomic E-state index is -0.236. The van der Waals surface area contributed by atoms with E-state index in [0.717, 1.165) is 49.5 Å². The van der Waals surface area contributed by atoms with Gasteiger partial charge in [-0.1, -0.05) is 48.5 Å². The van der Waals surface area contributed by atoms with Gasteiger partial charge in [0.15, 0.2) is 0 Å². The summed E-state index contributed by atoms with van der Waals surface area (Å²) < 4.78 is 1.78. The van der Waals surface area contributed by atoms with E-state index in [1.807, 2.05) is 87.5 Å². The smallest absolute Gasteiger partial charge is 0.239 e. The fraction of sp³-hybridized carbons (Fsp3) is 0.393. The number of amides is 2. The van der Waals surface area contributed by atoms with Gasteiger partial charge in [0.1, 0.15) is 5.82 Å². The highest BCUT2D eigenvalue weighted by atomic mass is 16.2. The minimum absolute atomic E-state index is 0.0390. The van der Waals surface area contributed by atoms with Crippen LogP contribution in [0.4, 0.5) is 5.82 Å². The van der Waals surface area contributed by atoms with E-state index in [2.05, 4.69) is 20.4 Å². The Labute approximate surface area is 213 Å². The zero-order chi connectivity index (χ0) is 25.5. The normalized spacial score (nSPS) is 15.3. The van der Waals surface area contributed by atoms with Gasteiger partial charge in [0.25, 0.3) is 0 Å². The molecule has 2 amide bonds. The summed E-state index contributed by atoms with van der Waals surface area (Å²) >= 11 is 0. The number of nitrogens with one attached hydrogen (secondary N) is 2. The monoisotopic (exact) mass is 488 g/mol. The van der Waals surface area contributed by atoms with Gasteiger partial charge in [-0.25, -0.2) is 4.68 Å². The second-order valence-electron chi connectivity index (χ2n) is 10.3. The summed E-state index contributed by atoms with van der Waals surface area (Å²) in [5.74, 6) is 0.600. The van der Waals surface area contributed by atoms with Crippen molar-refractivity contribution >= 4 is 17.6 Å². The number of rotatable bonds is 7. The average Bonchev–Trinajstić information content (AvgIpc) is 3.13. The van der Waals surface area contributed by atoms with Crippen molar-refractivity contribution in [3.05, 3.63) is 66.7 Å². The molecule has 0 aliphatic carbocycles. The van der Waals surface area contributed by atoms with E-state index in [9.17, 15) is 9.59 Å². The molecule has 190 valence electrons. The quantitative estimate of drug-likeness (QED) is 0.533. The summed E-state index contributed by atoms with van der Waals surface area (Å²) in [6.45, 7) is 9.79. The number of carbonyl (C=O) groups excluding carboxylic acids is 2. The van der Waals surface area contributed by atoms with Gasteiger partial charge in [0.05, 0.1) is 24.5 Å². The molecule has 1 aliphatic heterocycles. The van der Waals surface area contributed by atoms with Crippen LogP contribution in [0.25, 0.3) is 16.9 Å². The molecular formula is C28H36N6O2. The molecule has 1 aliphatic rings. The van der Waals surface area contributed by atoms with Crippen LogP contribution >= 0.6 is 0 Å². The van der Waals surface area contributed by atoms with Crippen LogP contribution in [0.3, 0.4) is 0 Å². The Morgan fingerprint density at radius 1 is 0.833 bits per heavy atom. The number of carbonyl (C=O) groups is 2. The lowest BCUT2D eigenvalue weighted by atomic mass is 10.1. The molecule has 0 unspecified atom stereocenters. The fourth-order valence-electron chi connectivity index (χ4n) is 4.37. The molecule has 0 radical (unpaired) electrons. The molecular weight excluding hydrogens is 452 g/mol. The van der Waals surface area contributed by atoms with Gasteiger partial charge in [0, 0.05) is 30.3 Å². The Morgan fingerprint density at radius 2 is 1.42 bits per heavy atom. The third kappa shape index (κ3) is 7.26. The van der Waals surface area contributed by atoms with Crippen molar-refractivity contribution in [3.8, 4) is 16.9 Å². The number of hydrogen-bond donors (Lipinski definition) is 2. The molecule has 0 atom stereocenters. The molecule has 1 saturated heterocycles. The van der Waals surface area contributed by atoms with E-state index in [4.69, 9.17) is 5.10 Å². The van der Waals surface area contributed by atoms with Crippen molar-refractivity contribution in [2.24, 2.45) is 0 Å². The van der Waals surface area contributed by atoms with E-state index in [1.165, 1.54) is 0 Å². The minimum Gasteiger partial charge on any atom is -0.350 e. The van der Waals surface area contributed by atoms with Crippen molar-refractivity contribution in [3.63, 3.8) is 0 Å². The number of hydrogen-bond acceptors (Lipinski definition) is 5. The number of benzene rings is 2. The molecule has 2 heterocycles. The molecule has 1 aromatic heterocycles. The van der Waals surface area contributed by atoms with Gasteiger partial charge in [-0.2, -0.15) is 5.10 Å². The summed E-state index contributed by atoms with van der Waals surface area (Å²) in [4.78, 5) is 29.7. The fourth-order valence-corrected chi connectivity index (χ4v) is 4.37. The van der Waals surface area contributed by atoms with Crippen LogP contribution in [0.5, 0.6) is 0 Å². The van der Waals surface area contributed by atoms with Gasteiger partial charge in [-0.15, -0.1) is 0 Å². The van der Waals surface area contributed by atoms with Gasteiger partial charge < -0.3 is 10.6 Å². The number of nitrogens with zero attached hydrogens (tertiary/aromatic N) is 4. The number of para-hydroxylation sites is 1. The molecule has 0 bridgehead atoms. The Balaban J connectivity index is 1.39. The highest BCUT2D eigenvalue weighted by molar-refractivity contribution is 5.92. The molecule has 0 saturated carbocycles. The highest BCUT2D eigenvalue weighted by Crippen LogP contribution is 2.24. The zero-order valence-corrected chi connectivity index (χ0v) is 21.4. The Morgan fingerprint density at radius 3 is 2.03 bits per heavy atom. The van der Waals surface area contributed by atoms with Crippen molar-refractivity contribution in [1.82, 2.24) is 24.9 Å². The van der Waals surface area contributed by atoms with Crippen LogP contribution in [-0.4, -0.2) is 76.2 Å². The third-order valence-corrected chi connectivity index (χ3v) is 5.98. The lowest BCUT2D eigenvalue weighted by Gasteiger charge is -2.25. The zero-order valence-electron chi connectivity index (χ0n) is 21.4. The first-order valence-corrected chi connectivity index (χ1v) is 12.5. The Hall–Kier alpha value is -3.49. The van der Waals surface area contributed by atoms with Crippen LogP contribution in [0.2, 0.25) is 0 Å². The second kappa shape index (κ2) is 11.5. The molecule has 8 heteroatoms. The largest absolute Gasteiger partial charge is 0.350 e. The van der Waals surface area contributed by atoms with Crippen molar-refractivity contribution in [1.29, 1.82) is 0 Å². The summed E-state index contributed by atoms with van der Waals surface area (Å²) in [5.41, 5.74) is 2.44. The van der Waals surface area contributed by atoms with Crippen molar-refractivity contribution < 1.29 is 9.59 Å². The predicted octanol–water partition coefficient (Wildman–Crippen LogP) is 3.40. The second-order valence-corrected chi connectivity index (χ2v) is 10.3. The first kappa shape index (κ1) is 25.6. The molecule has 1 fully saturated rings. The average molecular weight is 489 g/mol. The predicted molar refractivity (Wildman–Crippen MR) is 143 cm³/mol. The molecule has 4 rings (SSSR count). The maximum atomic E-state index is 13.1. The van der Waals surface area contributed by atoms with Crippen LogP contribution in [0, 0.1) is 0 Å². The standard InChI is InChI=1S/C28H36N6O2/c1-28(2,3)30-27(36)21-33-16-10-15-32(17-18-33)20-26(35)29-25-19-24(22-11-6-4-7-12-22)31-34(25)23-13-8-5-9-14-23/h4-9,11-14,19H,10,15-18,20-21H2,1-3H3,(H,29,35)(H,30,36). The molecule has 8 nitrogen and oxygen atoms in total. The Kier molecular flexibility index (Phi) is 8.18. The SMILES string of the molecule is CC(C)(C)NC(=O)CN1CCCN(CC(=O)Nc2cc(-c3ccccc3)nn2-c2ccccc2)CC1. The third-order valence-electron chi connectivity index (χ3n) is 5.98. The van der Waals surface area contributed by atoms with Gasteiger partial charge in [-0.05, 0) is 52.4 Å². The van der Waals surface area contributed by atoms with E-state index in [-0.39, 0.29) is 17.4 Å². The van der Waals surface area contributed by atoms with Gasteiger partial charge >= 0.3 is 0 Å². The van der Waals surface area contributed by atoms with Gasteiger partial charge in [0.2, 0.25) is 11.8 Å². The molecule has 36 heavy (non-hydrogen) atoms. The van der Waals surface area contributed by atoms with E-state index < -0.39 is 0 Å². The van der Waals surface area contributed by atoms with E-state index in [1.54, 1.807) is 4.68 Å². The highest BCUT2D eigenvalue weighted by Gasteiger charge is 2.21. The van der Waals surface area contributed by atoms with Crippen molar-refractivity contribution in [2.75, 3.05) is 44.6 Å². The molecule has 2 aromatic carbocycles. The van der Waals surface area contributed by atoms with Crippen LogP contribution < -0.4 is 10.6 Å². The topological polar surface area (TPSA) is 82.5 Å².